The van der Waals surface area contributed by atoms with Crippen molar-refractivity contribution in [3.05, 3.63) is 83.7 Å². The molecule has 0 unspecified atom stereocenters. The number of urea groups is 1. The van der Waals surface area contributed by atoms with E-state index < -0.39 is 30.0 Å². The predicted molar refractivity (Wildman–Crippen MR) is 152 cm³/mol. The van der Waals surface area contributed by atoms with Gasteiger partial charge in [-0.05, 0) is 43.0 Å². The van der Waals surface area contributed by atoms with Crippen LogP contribution in [0.4, 0.5) is 10.5 Å². The zero-order valence-electron chi connectivity index (χ0n) is 23.3. The number of aromatic carboxylic acids is 1. The molecule has 2 aromatic carbocycles. The number of aromatic nitrogens is 2. The van der Waals surface area contributed by atoms with Crippen molar-refractivity contribution in [2.75, 3.05) is 11.9 Å². The van der Waals surface area contributed by atoms with Gasteiger partial charge in [-0.3, -0.25) is 9.69 Å². The van der Waals surface area contributed by atoms with Gasteiger partial charge >= 0.3 is 12.0 Å². The first-order valence-electron chi connectivity index (χ1n) is 13.2. The largest absolute Gasteiger partial charge is 0.476 e. The Morgan fingerprint density at radius 1 is 1.05 bits per heavy atom. The monoisotopic (exact) mass is 545 g/mol. The van der Waals surface area contributed by atoms with Gasteiger partial charge in [-0.1, -0.05) is 50.2 Å². The number of oxazole rings is 1. The highest BCUT2D eigenvalue weighted by Crippen LogP contribution is 2.27. The fourth-order valence-electron chi connectivity index (χ4n) is 4.76. The summed E-state index contributed by atoms with van der Waals surface area (Å²) in [4.78, 5) is 44.1. The highest BCUT2D eigenvalue weighted by atomic mass is 16.4. The molecule has 0 saturated carbocycles. The smallest absolute Gasteiger partial charge is 0.358 e. The fraction of sp³-hybridized carbons (Fsp3) is 0.333. The molecule has 0 aliphatic carbocycles. The van der Waals surface area contributed by atoms with E-state index in [1.54, 1.807) is 7.05 Å². The number of carbonyl (C=O) groups excluding carboxylic acids is 2. The molecular formula is C30H35N5O5. The van der Waals surface area contributed by atoms with Crippen molar-refractivity contribution in [3.63, 3.8) is 0 Å². The molecule has 0 aliphatic rings. The van der Waals surface area contributed by atoms with Gasteiger partial charge in [-0.15, -0.1) is 0 Å². The maximum Gasteiger partial charge on any atom is 0.358 e. The molecule has 0 fully saturated rings. The number of rotatable bonds is 10. The van der Waals surface area contributed by atoms with Crippen LogP contribution in [-0.4, -0.2) is 45.7 Å². The van der Waals surface area contributed by atoms with Crippen molar-refractivity contribution in [2.45, 2.75) is 45.7 Å². The van der Waals surface area contributed by atoms with Crippen LogP contribution in [-0.2, 0) is 18.3 Å². The standard InChI is InChI=1S/C30H35N5O5/c1-18(2)15-23(32-30(39)35(5)21-11-7-6-8-12-21)27(36)31-24(28-33-26(29(37)38)19(3)40-28)16-20-17-34(4)25-14-10-9-13-22(20)25/h6-14,17-18,23-24H,15-16H2,1-5H3,(H,31,36)(H,32,39)(H,37,38)/t23-,24+/m0/s1. The number of amides is 3. The van der Waals surface area contributed by atoms with E-state index in [1.165, 1.54) is 11.8 Å². The Kier molecular flexibility index (Phi) is 8.57. The lowest BCUT2D eigenvalue weighted by molar-refractivity contribution is -0.124. The Balaban J connectivity index is 1.63. The van der Waals surface area contributed by atoms with Crippen molar-refractivity contribution in [3.8, 4) is 0 Å². The van der Waals surface area contributed by atoms with Gasteiger partial charge in [0.2, 0.25) is 11.8 Å². The Morgan fingerprint density at radius 3 is 2.38 bits per heavy atom. The van der Waals surface area contributed by atoms with E-state index in [2.05, 4.69) is 15.6 Å². The number of fused-ring (bicyclic) bond motifs is 1. The number of hydrogen-bond donors (Lipinski definition) is 3. The second-order valence-electron chi connectivity index (χ2n) is 10.3. The molecule has 10 heteroatoms. The molecule has 210 valence electrons. The van der Waals surface area contributed by atoms with Gasteiger partial charge in [-0.25, -0.2) is 14.6 Å². The van der Waals surface area contributed by atoms with Crippen molar-refractivity contribution in [1.29, 1.82) is 0 Å². The van der Waals surface area contributed by atoms with Crippen molar-refractivity contribution >= 4 is 34.5 Å². The van der Waals surface area contributed by atoms with E-state index in [-0.39, 0.29) is 23.3 Å². The molecule has 4 rings (SSSR count). The lowest BCUT2D eigenvalue weighted by Gasteiger charge is -2.26. The molecule has 0 bridgehead atoms. The predicted octanol–water partition coefficient (Wildman–Crippen LogP) is 4.83. The summed E-state index contributed by atoms with van der Waals surface area (Å²) in [5.41, 5.74) is 2.44. The Bertz CT molecular complexity index is 1510. The summed E-state index contributed by atoms with van der Waals surface area (Å²) in [5.74, 6) is -1.28. The quantitative estimate of drug-likeness (QED) is 0.262. The number of anilines is 1. The number of hydrogen-bond acceptors (Lipinski definition) is 5. The number of carboxylic acid groups (broad SMARTS) is 1. The van der Waals surface area contributed by atoms with E-state index in [9.17, 15) is 19.5 Å². The summed E-state index contributed by atoms with van der Waals surface area (Å²) in [6.45, 7) is 5.47. The number of aryl methyl sites for hydroxylation is 2. The number of benzene rings is 2. The van der Waals surface area contributed by atoms with E-state index in [4.69, 9.17) is 4.42 Å². The van der Waals surface area contributed by atoms with Crippen LogP contribution in [0, 0.1) is 12.8 Å². The first kappa shape index (κ1) is 28.4. The van der Waals surface area contributed by atoms with Gasteiger partial charge in [0.25, 0.3) is 0 Å². The molecule has 4 aromatic rings. The molecule has 0 aliphatic heterocycles. The molecule has 0 saturated heterocycles. The third-order valence-corrected chi connectivity index (χ3v) is 6.80. The van der Waals surface area contributed by atoms with Gasteiger partial charge in [0.15, 0.2) is 5.69 Å². The molecule has 2 aromatic heterocycles. The molecule has 0 radical (unpaired) electrons. The maximum absolute atomic E-state index is 13.7. The summed E-state index contributed by atoms with van der Waals surface area (Å²) < 4.78 is 7.75. The minimum atomic E-state index is -1.21. The molecule has 10 nitrogen and oxygen atoms in total. The van der Waals surface area contributed by atoms with Gasteiger partial charge < -0.3 is 24.7 Å². The summed E-state index contributed by atoms with van der Waals surface area (Å²) in [6.07, 6.45) is 2.67. The Labute approximate surface area is 233 Å². The van der Waals surface area contributed by atoms with E-state index in [1.807, 2.05) is 86.3 Å². The first-order valence-corrected chi connectivity index (χ1v) is 13.2. The zero-order valence-corrected chi connectivity index (χ0v) is 23.3. The Hall–Kier alpha value is -4.60. The van der Waals surface area contributed by atoms with Crippen LogP contribution in [0.5, 0.6) is 0 Å². The van der Waals surface area contributed by atoms with Crippen molar-refractivity contribution in [2.24, 2.45) is 13.0 Å². The average Bonchev–Trinajstić information content (AvgIpc) is 3.47. The maximum atomic E-state index is 13.7. The van der Waals surface area contributed by atoms with E-state index in [0.29, 0.717) is 18.5 Å². The third kappa shape index (κ3) is 6.33. The summed E-state index contributed by atoms with van der Waals surface area (Å²) in [7, 11) is 3.58. The van der Waals surface area contributed by atoms with Gasteiger partial charge in [0, 0.05) is 43.3 Å². The van der Waals surface area contributed by atoms with Crippen LogP contribution in [0.1, 0.15) is 54.0 Å². The topological polar surface area (TPSA) is 130 Å². The third-order valence-electron chi connectivity index (χ3n) is 6.80. The zero-order chi connectivity index (χ0) is 29.0. The highest BCUT2D eigenvalue weighted by molar-refractivity contribution is 5.95. The minimum absolute atomic E-state index is 0.0900. The number of nitrogens with one attached hydrogen (secondary N) is 2. The van der Waals surface area contributed by atoms with Crippen LogP contribution in [0.2, 0.25) is 0 Å². The van der Waals surface area contributed by atoms with Crippen LogP contribution >= 0.6 is 0 Å². The van der Waals surface area contributed by atoms with Crippen LogP contribution in [0.3, 0.4) is 0 Å². The SMILES string of the molecule is Cc1oc([C@@H](Cc2cn(C)c3ccccc23)NC(=O)[C@H](CC(C)C)NC(=O)N(C)c2ccccc2)nc1C(=O)O. The molecule has 2 heterocycles. The lowest BCUT2D eigenvalue weighted by Crippen LogP contribution is -2.51. The molecule has 40 heavy (non-hydrogen) atoms. The average molecular weight is 546 g/mol. The second-order valence-corrected chi connectivity index (χ2v) is 10.3. The number of para-hydroxylation sites is 2. The van der Waals surface area contributed by atoms with E-state index >= 15 is 0 Å². The number of carboxylic acids is 1. The van der Waals surface area contributed by atoms with Crippen molar-refractivity contribution < 1.29 is 23.9 Å². The van der Waals surface area contributed by atoms with Crippen LogP contribution < -0.4 is 15.5 Å². The summed E-state index contributed by atoms with van der Waals surface area (Å²) in [5, 5.41) is 16.4. The second kappa shape index (κ2) is 12.1. The molecule has 3 N–H and O–H groups in total. The molecule has 2 atom stereocenters. The number of nitrogens with zero attached hydrogens (tertiary/aromatic N) is 3. The van der Waals surface area contributed by atoms with Gasteiger partial charge in [-0.2, -0.15) is 0 Å². The molecule has 0 spiro atoms. The summed E-state index contributed by atoms with van der Waals surface area (Å²) >= 11 is 0. The molecular weight excluding hydrogens is 510 g/mol. The van der Waals surface area contributed by atoms with Crippen LogP contribution in [0.25, 0.3) is 10.9 Å². The van der Waals surface area contributed by atoms with Crippen LogP contribution in [0.15, 0.2) is 65.2 Å². The van der Waals surface area contributed by atoms with Gasteiger partial charge in [0.05, 0.1) is 0 Å². The number of carbonyl (C=O) groups is 3. The van der Waals surface area contributed by atoms with Crippen molar-refractivity contribution in [1.82, 2.24) is 20.2 Å². The first-order chi connectivity index (χ1) is 19.0. The fourth-order valence-corrected chi connectivity index (χ4v) is 4.76. The van der Waals surface area contributed by atoms with E-state index in [0.717, 1.165) is 16.5 Å². The highest BCUT2D eigenvalue weighted by Gasteiger charge is 2.30. The Morgan fingerprint density at radius 2 is 1.73 bits per heavy atom. The minimum Gasteiger partial charge on any atom is -0.476 e. The normalized spacial score (nSPS) is 12.8. The lowest BCUT2D eigenvalue weighted by atomic mass is 10.0. The van der Waals surface area contributed by atoms with Gasteiger partial charge in [0.1, 0.15) is 17.8 Å². The summed E-state index contributed by atoms with van der Waals surface area (Å²) in [6, 6.07) is 15.0. The molecule has 3 amide bonds.